The number of anilines is 2. The molecule has 1 saturated heterocycles. The molecule has 8 heteroatoms. The molecule has 0 saturated carbocycles. The molecule has 0 bridgehead atoms. The Labute approximate surface area is 140 Å². The molecule has 0 aliphatic carbocycles. The van der Waals surface area contributed by atoms with Crippen LogP contribution in [0.2, 0.25) is 0 Å². The summed E-state index contributed by atoms with van der Waals surface area (Å²) in [4.78, 5) is 18.7. The lowest BCUT2D eigenvalue weighted by Crippen LogP contribution is -2.38. The van der Waals surface area contributed by atoms with E-state index in [9.17, 15) is 4.79 Å². The lowest BCUT2D eigenvalue weighted by Gasteiger charge is -2.31. The molecule has 1 aliphatic heterocycles. The van der Waals surface area contributed by atoms with E-state index in [2.05, 4.69) is 25.4 Å². The molecule has 0 radical (unpaired) electrons. The van der Waals surface area contributed by atoms with Gasteiger partial charge in [-0.2, -0.15) is 0 Å². The van der Waals surface area contributed by atoms with Crippen molar-refractivity contribution in [2.75, 3.05) is 30.4 Å². The van der Waals surface area contributed by atoms with Gasteiger partial charge in [-0.15, -0.1) is 10.2 Å². The highest BCUT2D eigenvalue weighted by Gasteiger charge is 2.25. The highest BCUT2D eigenvalue weighted by Crippen LogP contribution is 2.21. The summed E-state index contributed by atoms with van der Waals surface area (Å²) in [5.74, 6) is 1.22. The first-order valence-electron chi connectivity index (χ1n) is 8.16. The third-order valence-electron chi connectivity index (χ3n) is 4.22. The van der Waals surface area contributed by atoms with E-state index in [1.165, 1.54) is 0 Å². The average molecular weight is 330 g/mol. The predicted octanol–water partition coefficient (Wildman–Crippen LogP) is 1.56. The van der Waals surface area contributed by atoms with Crippen LogP contribution in [-0.2, 0) is 11.3 Å². The van der Waals surface area contributed by atoms with Crippen molar-refractivity contribution in [1.29, 1.82) is 0 Å². The van der Waals surface area contributed by atoms with Crippen LogP contribution in [0.3, 0.4) is 0 Å². The molecule has 0 unspecified atom stereocenters. The van der Waals surface area contributed by atoms with Crippen LogP contribution in [0.5, 0.6) is 0 Å². The molecule has 1 N–H and O–H groups in total. The van der Waals surface area contributed by atoms with Gasteiger partial charge in [0.05, 0.1) is 6.10 Å². The molecular formula is C16H22N6O2. The molecule has 1 aliphatic rings. The molecule has 1 fully saturated rings. The number of carbonyl (C=O) groups excluding carboxylic acids is 1. The smallest absolute Gasteiger partial charge is 0.294 e. The minimum atomic E-state index is -0.305. The van der Waals surface area contributed by atoms with Crippen molar-refractivity contribution < 1.29 is 9.53 Å². The zero-order valence-electron chi connectivity index (χ0n) is 14.0. The number of aromatic nitrogens is 4. The van der Waals surface area contributed by atoms with Gasteiger partial charge in [0, 0.05) is 32.9 Å². The summed E-state index contributed by atoms with van der Waals surface area (Å²) in [6.07, 6.45) is 3.82. The number of piperidine rings is 1. The quantitative estimate of drug-likeness (QED) is 0.895. The molecule has 24 heavy (non-hydrogen) atoms. The van der Waals surface area contributed by atoms with Gasteiger partial charge >= 0.3 is 0 Å². The second kappa shape index (κ2) is 7.39. The lowest BCUT2D eigenvalue weighted by atomic mass is 10.1. The Kier molecular flexibility index (Phi) is 5.05. The van der Waals surface area contributed by atoms with Gasteiger partial charge in [-0.05, 0) is 31.9 Å². The van der Waals surface area contributed by atoms with E-state index < -0.39 is 0 Å². The molecule has 1 amide bonds. The molecule has 2 aromatic heterocycles. The standard InChI is InChI=1S/C16H22N6O2/c1-3-22-14(15(23)18-13-6-4-5-9-17-13)19-20-16(22)21-10-7-12(24-2)8-11-21/h4-6,9,12H,3,7-8,10-11H2,1-2H3,(H,17,18,23). The topological polar surface area (TPSA) is 85.2 Å². The van der Waals surface area contributed by atoms with E-state index in [4.69, 9.17) is 4.74 Å². The van der Waals surface area contributed by atoms with Gasteiger partial charge in [-0.3, -0.25) is 9.36 Å². The van der Waals surface area contributed by atoms with Crippen LogP contribution < -0.4 is 10.2 Å². The van der Waals surface area contributed by atoms with Crippen molar-refractivity contribution in [2.45, 2.75) is 32.4 Å². The van der Waals surface area contributed by atoms with Crippen molar-refractivity contribution in [2.24, 2.45) is 0 Å². The van der Waals surface area contributed by atoms with Crippen LogP contribution in [-0.4, -0.2) is 52.0 Å². The fraction of sp³-hybridized carbons (Fsp3) is 0.500. The largest absolute Gasteiger partial charge is 0.381 e. The lowest BCUT2D eigenvalue weighted by molar-refractivity contribution is 0.0815. The van der Waals surface area contributed by atoms with Gasteiger partial charge < -0.3 is 15.0 Å². The van der Waals surface area contributed by atoms with Gasteiger partial charge in [0.15, 0.2) is 0 Å². The maximum Gasteiger partial charge on any atom is 0.294 e. The number of carbonyl (C=O) groups is 1. The molecule has 2 aromatic rings. The van der Waals surface area contributed by atoms with Crippen molar-refractivity contribution in [3.8, 4) is 0 Å². The van der Waals surface area contributed by atoms with E-state index >= 15 is 0 Å². The van der Waals surface area contributed by atoms with E-state index in [1.54, 1.807) is 25.4 Å². The van der Waals surface area contributed by atoms with Gasteiger partial charge in [-0.1, -0.05) is 6.07 Å². The molecule has 0 atom stereocenters. The van der Waals surface area contributed by atoms with E-state index in [1.807, 2.05) is 17.6 Å². The second-order valence-corrected chi connectivity index (χ2v) is 5.66. The molecule has 0 spiro atoms. The van der Waals surface area contributed by atoms with Crippen LogP contribution in [0.15, 0.2) is 24.4 Å². The number of rotatable bonds is 5. The third kappa shape index (κ3) is 3.38. The van der Waals surface area contributed by atoms with Crippen LogP contribution in [0, 0.1) is 0 Å². The molecular weight excluding hydrogens is 308 g/mol. The molecule has 128 valence electrons. The number of methoxy groups -OCH3 is 1. The normalized spacial score (nSPS) is 15.5. The number of hydrogen-bond acceptors (Lipinski definition) is 6. The Morgan fingerprint density at radius 1 is 1.33 bits per heavy atom. The van der Waals surface area contributed by atoms with Gasteiger partial charge in [-0.25, -0.2) is 4.98 Å². The summed E-state index contributed by atoms with van der Waals surface area (Å²) in [5, 5.41) is 11.1. The average Bonchev–Trinajstić information content (AvgIpc) is 3.06. The van der Waals surface area contributed by atoms with E-state index in [0.29, 0.717) is 24.3 Å². The first-order chi connectivity index (χ1) is 11.7. The Bertz CT molecular complexity index is 679. The number of ether oxygens (including phenoxy) is 1. The SMILES string of the molecule is CCn1c(C(=O)Nc2ccccn2)nnc1N1CCC(OC)CC1. The number of pyridine rings is 1. The van der Waals surface area contributed by atoms with Crippen molar-refractivity contribution >= 4 is 17.7 Å². The summed E-state index contributed by atoms with van der Waals surface area (Å²) in [6.45, 7) is 4.29. The number of nitrogens with zero attached hydrogens (tertiary/aromatic N) is 5. The molecule has 0 aromatic carbocycles. The molecule has 3 rings (SSSR count). The monoisotopic (exact) mass is 330 g/mol. The minimum absolute atomic E-state index is 0.297. The van der Waals surface area contributed by atoms with Crippen molar-refractivity contribution in [3.05, 3.63) is 30.2 Å². The first-order valence-corrected chi connectivity index (χ1v) is 8.16. The predicted molar refractivity (Wildman–Crippen MR) is 90.1 cm³/mol. The summed E-state index contributed by atoms with van der Waals surface area (Å²) < 4.78 is 7.24. The van der Waals surface area contributed by atoms with Crippen molar-refractivity contribution in [3.63, 3.8) is 0 Å². The van der Waals surface area contributed by atoms with Crippen LogP contribution >= 0.6 is 0 Å². The fourth-order valence-corrected chi connectivity index (χ4v) is 2.89. The highest BCUT2D eigenvalue weighted by molar-refractivity contribution is 6.01. The molecule has 3 heterocycles. The summed E-state index contributed by atoms with van der Waals surface area (Å²) in [7, 11) is 1.74. The van der Waals surface area contributed by atoms with Crippen LogP contribution in [0.4, 0.5) is 11.8 Å². The Morgan fingerprint density at radius 3 is 2.75 bits per heavy atom. The molecule has 8 nitrogen and oxygen atoms in total. The zero-order valence-corrected chi connectivity index (χ0v) is 14.0. The first kappa shape index (κ1) is 16.4. The van der Waals surface area contributed by atoms with E-state index in [0.717, 1.165) is 31.9 Å². The zero-order chi connectivity index (χ0) is 16.9. The maximum absolute atomic E-state index is 12.5. The van der Waals surface area contributed by atoms with Gasteiger partial charge in [0.1, 0.15) is 5.82 Å². The minimum Gasteiger partial charge on any atom is -0.381 e. The Hall–Kier alpha value is -2.48. The van der Waals surface area contributed by atoms with E-state index in [-0.39, 0.29) is 5.91 Å². The summed E-state index contributed by atoms with van der Waals surface area (Å²) in [6, 6.07) is 5.35. The van der Waals surface area contributed by atoms with Gasteiger partial charge in [0.25, 0.3) is 5.91 Å². The summed E-state index contributed by atoms with van der Waals surface area (Å²) >= 11 is 0. The number of nitrogens with one attached hydrogen (secondary N) is 1. The third-order valence-corrected chi connectivity index (χ3v) is 4.22. The number of amides is 1. The van der Waals surface area contributed by atoms with Crippen LogP contribution in [0.1, 0.15) is 30.4 Å². The maximum atomic E-state index is 12.5. The highest BCUT2D eigenvalue weighted by atomic mass is 16.5. The fourth-order valence-electron chi connectivity index (χ4n) is 2.89. The number of hydrogen-bond donors (Lipinski definition) is 1. The Morgan fingerprint density at radius 2 is 2.12 bits per heavy atom. The van der Waals surface area contributed by atoms with Crippen LogP contribution in [0.25, 0.3) is 0 Å². The second-order valence-electron chi connectivity index (χ2n) is 5.66. The van der Waals surface area contributed by atoms with Gasteiger partial charge in [0.2, 0.25) is 11.8 Å². The summed E-state index contributed by atoms with van der Waals surface area (Å²) in [5.41, 5.74) is 0. The Balaban J connectivity index is 1.76. The van der Waals surface area contributed by atoms with Crippen molar-refractivity contribution in [1.82, 2.24) is 19.7 Å².